The molecule has 1 saturated carbocycles. The molecule has 0 amide bonds. The van der Waals surface area contributed by atoms with Gasteiger partial charge in [-0.1, -0.05) is 31.0 Å². The smallest absolute Gasteiger partial charge is 0.231 e. The molecule has 4 heterocycles. The van der Waals surface area contributed by atoms with E-state index in [2.05, 4.69) is 30.1 Å². The summed E-state index contributed by atoms with van der Waals surface area (Å²) in [6.07, 6.45) is 8.23. The molecule has 0 unspecified atom stereocenters. The summed E-state index contributed by atoms with van der Waals surface area (Å²) < 4.78 is 29.4. The Balaban J connectivity index is 1.40. The highest BCUT2D eigenvalue weighted by Gasteiger charge is 2.27. The van der Waals surface area contributed by atoms with Crippen LogP contribution in [-0.4, -0.2) is 54.1 Å². The lowest BCUT2D eigenvalue weighted by Gasteiger charge is -2.29. The molecule has 3 aromatic heterocycles. The van der Waals surface area contributed by atoms with Gasteiger partial charge in [-0.25, -0.2) is 13.4 Å². The number of nitrogens with one attached hydrogen (secondary N) is 2. The molecule has 0 spiro atoms. The predicted octanol–water partition coefficient (Wildman–Crippen LogP) is 3.93. The van der Waals surface area contributed by atoms with Crippen LogP contribution in [-0.2, 0) is 9.84 Å². The zero-order valence-electron chi connectivity index (χ0n) is 20.0. The lowest BCUT2D eigenvalue weighted by molar-refractivity contribution is 0.532. The van der Waals surface area contributed by atoms with Gasteiger partial charge in [0.1, 0.15) is 11.5 Å². The molecule has 6 rings (SSSR count). The van der Waals surface area contributed by atoms with E-state index in [0.717, 1.165) is 44.7 Å². The number of nitrogens with zero attached hydrogens (tertiary/aromatic N) is 5. The summed E-state index contributed by atoms with van der Waals surface area (Å²) in [4.78, 5) is 16.3. The van der Waals surface area contributed by atoms with Gasteiger partial charge in [-0.2, -0.15) is 9.97 Å². The van der Waals surface area contributed by atoms with Gasteiger partial charge in [-0.3, -0.25) is 0 Å². The molecule has 2 fully saturated rings. The normalized spacial score (nSPS) is 17.1. The first-order chi connectivity index (χ1) is 17.6. The molecule has 9 nitrogen and oxygen atoms in total. The Bertz CT molecular complexity index is 1460. The van der Waals surface area contributed by atoms with Crippen molar-refractivity contribution in [3.8, 4) is 0 Å². The molecule has 4 aromatic rings. The van der Waals surface area contributed by atoms with Gasteiger partial charge in [0, 0.05) is 38.4 Å². The van der Waals surface area contributed by atoms with E-state index in [1.54, 1.807) is 30.3 Å². The fraction of sp³-hybridized carbons (Fsp3) is 0.346. The molecule has 2 N–H and O–H groups in total. The number of benzene rings is 1. The first kappa shape index (κ1) is 22.9. The average molecular weight is 504 g/mol. The minimum Gasteiger partial charge on any atom is -0.368 e. The molecular weight excluding hydrogens is 474 g/mol. The Morgan fingerprint density at radius 2 is 1.72 bits per heavy atom. The number of rotatable bonds is 6. The molecule has 0 bridgehead atoms. The average Bonchev–Trinajstić information content (AvgIpc) is 3.60. The SMILES string of the molecule is O=S(=O)(c1ccccc1)c1nc(Nc2ccc(N3CCNCC3)cn2)nc2c1ccn2C1CCCC1. The number of sulfone groups is 1. The van der Waals surface area contributed by atoms with Gasteiger partial charge in [0.15, 0.2) is 5.03 Å². The Hall–Kier alpha value is -3.50. The maximum atomic E-state index is 13.6. The van der Waals surface area contributed by atoms with E-state index in [9.17, 15) is 8.42 Å². The lowest BCUT2D eigenvalue weighted by Crippen LogP contribution is -2.43. The molecule has 10 heteroatoms. The summed E-state index contributed by atoms with van der Waals surface area (Å²) in [5, 5.41) is 7.06. The van der Waals surface area contributed by atoms with Gasteiger partial charge < -0.3 is 20.1 Å². The van der Waals surface area contributed by atoms with Gasteiger partial charge in [0.2, 0.25) is 15.8 Å². The number of pyridine rings is 1. The maximum absolute atomic E-state index is 13.6. The number of piperazine rings is 1. The third kappa shape index (κ3) is 4.31. The third-order valence-corrected chi connectivity index (χ3v) is 8.75. The minimum atomic E-state index is -3.85. The fourth-order valence-corrected chi connectivity index (χ4v) is 6.53. The summed E-state index contributed by atoms with van der Waals surface area (Å²) >= 11 is 0. The molecular formula is C26H29N7O2S. The molecule has 1 saturated heterocycles. The standard InChI is InChI=1S/C26H29N7O2S/c34-36(35,21-8-2-1-3-9-21)25-22-12-15-33(19-6-4-5-7-19)24(22)30-26(31-25)29-23-11-10-20(18-28-23)32-16-13-27-14-17-32/h1-3,8-12,15,18-19,27H,4-7,13-14,16-17H2,(H,28,29,30,31). The van der Waals surface area contributed by atoms with Crippen molar-refractivity contribution in [2.75, 3.05) is 36.4 Å². The molecule has 0 radical (unpaired) electrons. The second-order valence-corrected chi connectivity index (χ2v) is 11.2. The summed E-state index contributed by atoms with van der Waals surface area (Å²) in [6.45, 7) is 3.78. The van der Waals surface area contributed by atoms with Crippen molar-refractivity contribution >= 4 is 38.3 Å². The van der Waals surface area contributed by atoms with Gasteiger partial charge >= 0.3 is 0 Å². The summed E-state index contributed by atoms with van der Waals surface area (Å²) in [5.41, 5.74) is 1.69. The van der Waals surface area contributed by atoms with Gasteiger partial charge in [0.05, 0.1) is 22.2 Å². The van der Waals surface area contributed by atoms with Crippen LogP contribution in [0.4, 0.5) is 17.5 Å². The second-order valence-electron chi connectivity index (χ2n) is 9.33. The van der Waals surface area contributed by atoms with Crippen LogP contribution in [0.1, 0.15) is 31.7 Å². The zero-order chi connectivity index (χ0) is 24.5. The van der Waals surface area contributed by atoms with Crippen molar-refractivity contribution in [2.24, 2.45) is 0 Å². The largest absolute Gasteiger partial charge is 0.368 e. The van der Waals surface area contributed by atoms with Gasteiger partial charge in [0.25, 0.3) is 0 Å². The first-order valence-corrected chi connectivity index (χ1v) is 14.0. The van der Waals surface area contributed by atoms with E-state index in [-0.39, 0.29) is 15.9 Å². The van der Waals surface area contributed by atoms with Crippen molar-refractivity contribution in [3.63, 3.8) is 0 Å². The summed E-state index contributed by atoms with van der Waals surface area (Å²) in [6, 6.07) is 14.5. The minimum absolute atomic E-state index is 0.00961. The molecule has 1 aliphatic carbocycles. The molecule has 1 aliphatic heterocycles. The van der Waals surface area contributed by atoms with Crippen molar-refractivity contribution in [1.82, 2.24) is 24.8 Å². The Kier molecular flexibility index (Phi) is 6.06. The maximum Gasteiger partial charge on any atom is 0.231 e. The Morgan fingerprint density at radius 3 is 2.44 bits per heavy atom. The number of hydrogen-bond donors (Lipinski definition) is 2. The highest BCUT2D eigenvalue weighted by atomic mass is 32.2. The number of aromatic nitrogens is 4. The van der Waals surface area contributed by atoms with Crippen LogP contribution in [0.2, 0.25) is 0 Å². The van der Waals surface area contributed by atoms with Crippen molar-refractivity contribution in [1.29, 1.82) is 0 Å². The van der Waals surface area contributed by atoms with Crippen LogP contribution in [0.15, 0.2) is 70.8 Å². The first-order valence-electron chi connectivity index (χ1n) is 12.5. The molecule has 2 aliphatic rings. The van der Waals surface area contributed by atoms with E-state index >= 15 is 0 Å². The lowest BCUT2D eigenvalue weighted by atomic mass is 10.2. The van der Waals surface area contributed by atoms with Gasteiger partial charge in [-0.15, -0.1) is 0 Å². The van der Waals surface area contributed by atoms with E-state index < -0.39 is 9.84 Å². The van der Waals surface area contributed by atoms with Crippen molar-refractivity contribution in [3.05, 3.63) is 60.9 Å². The van der Waals surface area contributed by atoms with Crippen LogP contribution in [0.25, 0.3) is 11.0 Å². The topological polar surface area (TPSA) is 105 Å². The van der Waals surface area contributed by atoms with Crippen LogP contribution < -0.4 is 15.5 Å². The molecule has 36 heavy (non-hydrogen) atoms. The summed E-state index contributed by atoms with van der Waals surface area (Å²) in [5.74, 6) is 0.785. The number of hydrogen-bond acceptors (Lipinski definition) is 8. The zero-order valence-corrected chi connectivity index (χ0v) is 20.8. The van der Waals surface area contributed by atoms with Crippen LogP contribution in [0.5, 0.6) is 0 Å². The van der Waals surface area contributed by atoms with Crippen LogP contribution in [0, 0.1) is 0 Å². The molecule has 186 valence electrons. The van der Waals surface area contributed by atoms with Crippen molar-refractivity contribution < 1.29 is 8.42 Å². The predicted molar refractivity (Wildman–Crippen MR) is 140 cm³/mol. The molecule has 0 atom stereocenters. The van der Waals surface area contributed by atoms with Gasteiger partial charge in [-0.05, 0) is 43.2 Å². The number of anilines is 3. The fourth-order valence-electron chi connectivity index (χ4n) is 5.14. The second kappa shape index (κ2) is 9.51. The van der Waals surface area contributed by atoms with E-state index in [1.807, 2.05) is 30.6 Å². The quantitative estimate of drug-likeness (QED) is 0.382. The van der Waals surface area contributed by atoms with Crippen molar-refractivity contribution in [2.45, 2.75) is 41.6 Å². The summed E-state index contributed by atoms with van der Waals surface area (Å²) in [7, 11) is -3.85. The third-order valence-electron chi connectivity index (χ3n) is 7.03. The number of fused-ring (bicyclic) bond motifs is 1. The molecule has 1 aromatic carbocycles. The van der Waals surface area contributed by atoms with Crippen LogP contribution >= 0.6 is 0 Å². The Labute approximate surface area is 210 Å². The van der Waals surface area contributed by atoms with E-state index in [0.29, 0.717) is 22.9 Å². The van der Waals surface area contributed by atoms with E-state index in [4.69, 9.17) is 4.98 Å². The highest BCUT2D eigenvalue weighted by molar-refractivity contribution is 7.91. The Morgan fingerprint density at radius 1 is 0.944 bits per heavy atom. The monoisotopic (exact) mass is 503 g/mol. The highest BCUT2D eigenvalue weighted by Crippen LogP contribution is 2.35. The van der Waals surface area contributed by atoms with E-state index in [1.165, 1.54) is 12.8 Å². The van der Waals surface area contributed by atoms with Crippen LogP contribution in [0.3, 0.4) is 0 Å².